The second-order valence-corrected chi connectivity index (χ2v) is 5.89. The van der Waals surface area contributed by atoms with Gasteiger partial charge in [-0.2, -0.15) is 0 Å². The van der Waals surface area contributed by atoms with Crippen LogP contribution >= 0.6 is 15.9 Å². The second kappa shape index (κ2) is 7.02. The molecule has 0 aliphatic carbocycles. The maximum atomic E-state index is 13.7. The van der Waals surface area contributed by atoms with Gasteiger partial charge in [-0.05, 0) is 40.2 Å². The van der Waals surface area contributed by atoms with Gasteiger partial charge in [-0.15, -0.1) is 0 Å². The molecule has 5 nitrogen and oxygen atoms in total. The van der Waals surface area contributed by atoms with Crippen molar-refractivity contribution in [3.05, 3.63) is 69.0 Å². The first-order valence-electron chi connectivity index (χ1n) is 7.03. The lowest BCUT2D eigenvalue weighted by molar-refractivity contribution is -0.118. The molecule has 0 aliphatic rings. The van der Waals surface area contributed by atoms with Crippen LogP contribution in [0.3, 0.4) is 0 Å². The van der Waals surface area contributed by atoms with Crippen molar-refractivity contribution in [1.29, 1.82) is 0 Å². The van der Waals surface area contributed by atoms with Gasteiger partial charge in [0.1, 0.15) is 17.1 Å². The number of carbonyl (C=O) groups is 1. The van der Waals surface area contributed by atoms with Crippen LogP contribution in [0.25, 0.3) is 11.0 Å². The number of amides is 1. The zero-order valence-electron chi connectivity index (χ0n) is 12.5. The van der Waals surface area contributed by atoms with Gasteiger partial charge in [0.05, 0.1) is 5.69 Å². The topological polar surface area (TPSA) is 68.5 Å². The largest absolute Gasteiger partial charge is 0.484 e. The number of benzene rings is 2. The summed E-state index contributed by atoms with van der Waals surface area (Å²) in [6.45, 7) is -0.411. The summed E-state index contributed by atoms with van der Waals surface area (Å²) in [5, 5.41) is 3.00. The average molecular weight is 410 g/mol. The highest BCUT2D eigenvalue weighted by Crippen LogP contribution is 2.27. The highest BCUT2D eigenvalue weighted by Gasteiger charge is 2.13. The van der Waals surface area contributed by atoms with Crippen LogP contribution in [0.1, 0.15) is 0 Å². The molecule has 0 radical (unpaired) electrons. The number of hydrogen-bond donors (Lipinski definition) is 1. The van der Waals surface area contributed by atoms with E-state index in [0.29, 0.717) is 22.8 Å². The third-order valence-electron chi connectivity index (χ3n) is 3.24. The lowest BCUT2D eigenvalue weighted by atomic mass is 10.2. The van der Waals surface area contributed by atoms with Crippen LogP contribution in [0, 0.1) is 11.6 Å². The Labute approximate surface area is 148 Å². The van der Waals surface area contributed by atoms with Gasteiger partial charge in [0.15, 0.2) is 12.4 Å². The fourth-order valence-electron chi connectivity index (χ4n) is 2.12. The molecule has 3 rings (SSSR count). The van der Waals surface area contributed by atoms with Gasteiger partial charge in [-0.3, -0.25) is 4.79 Å². The summed E-state index contributed by atoms with van der Waals surface area (Å²) in [4.78, 5) is 23.1. The van der Waals surface area contributed by atoms with E-state index in [1.165, 1.54) is 12.1 Å². The molecular weight excluding hydrogens is 400 g/mol. The van der Waals surface area contributed by atoms with Crippen LogP contribution in [0.5, 0.6) is 5.75 Å². The fraction of sp³-hybridized carbons (Fsp3) is 0.0588. The SMILES string of the molecule is O=C(COc1ccc2ccc(=O)oc2c1)Nc1c(F)cc(F)cc1Br. The highest BCUT2D eigenvalue weighted by molar-refractivity contribution is 9.10. The zero-order valence-corrected chi connectivity index (χ0v) is 14.1. The molecule has 0 fully saturated rings. The number of halogens is 3. The van der Waals surface area contributed by atoms with E-state index >= 15 is 0 Å². The predicted octanol–water partition coefficient (Wildman–Crippen LogP) is 3.85. The van der Waals surface area contributed by atoms with Crippen LogP contribution in [-0.4, -0.2) is 12.5 Å². The Kier molecular flexibility index (Phi) is 4.80. The van der Waals surface area contributed by atoms with E-state index < -0.39 is 29.8 Å². The van der Waals surface area contributed by atoms with Crippen molar-refractivity contribution < 1.29 is 22.7 Å². The summed E-state index contributed by atoms with van der Waals surface area (Å²) in [5.41, 5.74) is -0.365. The zero-order chi connectivity index (χ0) is 18.0. The number of carbonyl (C=O) groups excluding carboxylic acids is 1. The molecule has 128 valence electrons. The Balaban J connectivity index is 1.69. The minimum Gasteiger partial charge on any atom is -0.484 e. The minimum atomic E-state index is -0.910. The quantitative estimate of drug-likeness (QED) is 0.664. The Hall–Kier alpha value is -2.74. The number of rotatable bonds is 4. The Morgan fingerprint density at radius 2 is 1.92 bits per heavy atom. The Morgan fingerprint density at radius 3 is 2.68 bits per heavy atom. The van der Waals surface area contributed by atoms with Gasteiger partial charge < -0.3 is 14.5 Å². The second-order valence-electron chi connectivity index (χ2n) is 5.04. The molecule has 0 bridgehead atoms. The maximum absolute atomic E-state index is 13.7. The van der Waals surface area contributed by atoms with Crippen molar-refractivity contribution in [2.45, 2.75) is 0 Å². The van der Waals surface area contributed by atoms with E-state index in [1.54, 1.807) is 18.2 Å². The first-order chi connectivity index (χ1) is 11.9. The highest BCUT2D eigenvalue weighted by atomic mass is 79.9. The number of ether oxygens (including phenoxy) is 1. The van der Waals surface area contributed by atoms with Crippen molar-refractivity contribution >= 4 is 38.5 Å². The van der Waals surface area contributed by atoms with Gasteiger partial charge in [0.2, 0.25) is 0 Å². The molecule has 8 heteroatoms. The molecule has 2 aromatic carbocycles. The molecule has 0 saturated heterocycles. The first kappa shape index (κ1) is 17.1. The summed E-state index contributed by atoms with van der Waals surface area (Å²) in [6.07, 6.45) is 0. The van der Waals surface area contributed by atoms with E-state index in [2.05, 4.69) is 21.2 Å². The molecule has 0 unspecified atom stereocenters. The molecule has 1 aromatic heterocycles. The number of anilines is 1. The Bertz CT molecular complexity index is 996. The van der Waals surface area contributed by atoms with Gasteiger partial charge in [-0.1, -0.05) is 0 Å². The number of hydrogen-bond acceptors (Lipinski definition) is 4. The van der Waals surface area contributed by atoms with Crippen LogP contribution < -0.4 is 15.7 Å². The van der Waals surface area contributed by atoms with E-state index in [9.17, 15) is 18.4 Å². The van der Waals surface area contributed by atoms with E-state index in [-0.39, 0.29) is 10.2 Å². The minimum absolute atomic E-state index is 0.0748. The van der Waals surface area contributed by atoms with Crippen LogP contribution in [0.4, 0.5) is 14.5 Å². The molecule has 0 atom stereocenters. The van der Waals surface area contributed by atoms with Crippen LogP contribution in [-0.2, 0) is 4.79 Å². The lowest BCUT2D eigenvalue weighted by Gasteiger charge is -2.10. The molecule has 1 heterocycles. The smallest absolute Gasteiger partial charge is 0.336 e. The predicted molar refractivity (Wildman–Crippen MR) is 90.7 cm³/mol. The summed E-state index contributed by atoms with van der Waals surface area (Å²) < 4.78 is 37.1. The molecule has 25 heavy (non-hydrogen) atoms. The number of nitrogens with one attached hydrogen (secondary N) is 1. The summed E-state index contributed by atoms with van der Waals surface area (Å²) in [7, 11) is 0. The normalized spacial score (nSPS) is 10.7. The molecule has 0 saturated carbocycles. The summed E-state index contributed by atoms with van der Waals surface area (Å²) in [6, 6.07) is 9.33. The van der Waals surface area contributed by atoms with Gasteiger partial charge in [0.25, 0.3) is 5.91 Å². The number of fused-ring (bicyclic) bond motifs is 1. The van der Waals surface area contributed by atoms with E-state index in [1.807, 2.05) is 0 Å². The lowest BCUT2D eigenvalue weighted by Crippen LogP contribution is -2.21. The standard InChI is InChI=1S/C17H10BrF2NO4/c18-12-5-10(19)6-13(20)17(12)21-15(22)8-24-11-3-1-9-2-4-16(23)25-14(9)7-11/h1-7H,8H2,(H,21,22). The molecule has 3 aromatic rings. The van der Waals surface area contributed by atoms with Gasteiger partial charge in [0, 0.05) is 28.1 Å². The van der Waals surface area contributed by atoms with Gasteiger partial charge in [-0.25, -0.2) is 13.6 Å². The van der Waals surface area contributed by atoms with Gasteiger partial charge >= 0.3 is 5.63 Å². The summed E-state index contributed by atoms with van der Waals surface area (Å²) >= 11 is 2.98. The average Bonchev–Trinajstić information content (AvgIpc) is 2.55. The van der Waals surface area contributed by atoms with Crippen molar-refractivity contribution in [3.63, 3.8) is 0 Å². The fourth-order valence-corrected chi connectivity index (χ4v) is 2.62. The van der Waals surface area contributed by atoms with Crippen molar-refractivity contribution in [3.8, 4) is 5.75 Å². The Morgan fingerprint density at radius 1 is 1.16 bits per heavy atom. The van der Waals surface area contributed by atoms with E-state index in [4.69, 9.17) is 9.15 Å². The van der Waals surface area contributed by atoms with Crippen molar-refractivity contribution in [1.82, 2.24) is 0 Å². The van der Waals surface area contributed by atoms with E-state index in [0.717, 1.165) is 6.07 Å². The molecule has 0 aliphatic heterocycles. The van der Waals surface area contributed by atoms with Crippen molar-refractivity contribution in [2.75, 3.05) is 11.9 Å². The van der Waals surface area contributed by atoms with Crippen molar-refractivity contribution in [2.24, 2.45) is 0 Å². The molecular formula is C17H10BrF2NO4. The first-order valence-corrected chi connectivity index (χ1v) is 7.83. The van der Waals surface area contributed by atoms with Crippen LogP contribution in [0.2, 0.25) is 0 Å². The third kappa shape index (κ3) is 4.03. The molecule has 0 spiro atoms. The maximum Gasteiger partial charge on any atom is 0.336 e. The molecule has 1 amide bonds. The molecule has 1 N–H and O–H groups in total. The van der Waals surface area contributed by atoms with Crippen LogP contribution in [0.15, 0.2) is 56.1 Å². The summed E-state index contributed by atoms with van der Waals surface area (Å²) in [5.74, 6) is -2.01. The monoisotopic (exact) mass is 409 g/mol. The third-order valence-corrected chi connectivity index (χ3v) is 3.86.